The normalized spacial score (nSPS) is 15.7. The van der Waals surface area contributed by atoms with Crippen molar-refractivity contribution in [3.8, 4) is 5.75 Å². The van der Waals surface area contributed by atoms with E-state index in [0.717, 1.165) is 17.1 Å². The van der Waals surface area contributed by atoms with Crippen LogP contribution in [0.25, 0.3) is 0 Å². The van der Waals surface area contributed by atoms with Crippen molar-refractivity contribution in [1.82, 2.24) is 4.98 Å². The molecule has 1 heterocycles. The Morgan fingerprint density at radius 2 is 2.20 bits per heavy atom. The first-order valence-electron chi connectivity index (χ1n) is 5.56. The third-order valence-corrected chi connectivity index (χ3v) is 2.50. The molecule has 0 aliphatic heterocycles. The van der Waals surface area contributed by atoms with Crippen molar-refractivity contribution in [3.63, 3.8) is 0 Å². The quantitative estimate of drug-likeness (QED) is 0.821. The minimum Gasteiger partial charge on any atom is -0.490 e. The lowest BCUT2D eigenvalue weighted by atomic mass is 10.1. The van der Waals surface area contributed by atoms with Crippen LogP contribution < -0.4 is 10.5 Å². The van der Waals surface area contributed by atoms with Gasteiger partial charge in [0.1, 0.15) is 5.75 Å². The van der Waals surface area contributed by atoms with E-state index >= 15 is 0 Å². The van der Waals surface area contributed by atoms with Gasteiger partial charge in [0.2, 0.25) is 0 Å². The maximum atomic E-state index is 5.76. The summed E-state index contributed by atoms with van der Waals surface area (Å²) in [6.45, 7) is 4.73. The van der Waals surface area contributed by atoms with Gasteiger partial charge in [0, 0.05) is 24.4 Å². The highest BCUT2D eigenvalue weighted by Gasteiger charge is 2.23. The zero-order valence-electron chi connectivity index (χ0n) is 9.36. The molecule has 3 heteroatoms. The minimum absolute atomic E-state index is 0.415. The molecule has 0 aromatic carbocycles. The van der Waals surface area contributed by atoms with E-state index in [9.17, 15) is 0 Å². The molecule has 1 fully saturated rings. The van der Waals surface area contributed by atoms with Gasteiger partial charge in [0.15, 0.2) is 0 Å². The van der Waals surface area contributed by atoms with E-state index in [1.54, 1.807) is 0 Å². The number of nitrogens with zero attached hydrogens (tertiary/aromatic N) is 1. The molecule has 1 aliphatic carbocycles. The Morgan fingerprint density at radius 3 is 2.73 bits per heavy atom. The van der Waals surface area contributed by atoms with Crippen molar-refractivity contribution in [3.05, 3.63) is 23.5 Å². The van der Waals surface area contributed by atoms with Gasteiger partial charge in [-0.05, 0) is 18.8 Å². The van der Waals surface area contributed by atoms with E-state index in [1.807, 2.05) is 12.1 Å². The van der Waals surface area contributed by atoms with Crippen LogP contribution in [0.3, 0.4) is 0 Å². The Balaban J connectivity index is 2.23. The summed E-state index contributed by atoms with van der Waals surface area (Å²) in [5.74, 6) is 1.34. The minimum atomic E-state index is 0.415. The summed E-state index contributed by atoms with van der Waals surface area (Å²) in [4.78, 5) is 4.47. The summed E-state index contributed by atoms with van der Waals surface area (Å²) in [5.41, 5.74) is 7.59. The summed E-state index contributed by atoms with van der Waals surface area (Å²) < 4.78 is 5.76. The molecule has 0 unspecified atom stereocenters. The van der Waals surface area contributed by atoms with E-state index in [4.69, 9.17) is 10.5 Å². The van der Waals surface area contributed by atoms with Gasteiger partial charge in [-0.25, -0.2) is 0 Å². The number of hydrogen-bond acceptors (Lipinski definition) is 3. The Labute approximate surface area is 90.7 Å². The zero-order chi connectivity index (χ0) is 10.8. The average Bonchev–Trinajstić information content (AvgIpc) is 3.01. The average molecular weight is 206 g/mol. The van der Waals surface area contributed by atoms with Crippen LogP contribution >= 0.6 is 0 Å². The van der Waals surface area contributed by atoms with Gasteiger partial charge in [0.25, 0.3) is 0 Å². The van der Waals surface area contributed by atoms with Crippen LogP contribution in [-0.4, -0.2) is 11.1 Å². The predicted molar refractivity (Wildman–Crippen MR) is 59.9 cm³/mol. The van der Waals surface area contributed by atoms with E-state index < -0.39 is 0 Å². The predicted octanol–water partition coefficient (Wildman–Crippen LogP) is 2.20. The van der Waals surface area contributed by atoms with Crippen molar-refractivity contribution in [2.75, 3.05) is 0 Å². The number of rotatable bonds is 4. The second-order valence-electron chi connectivity index (χ2n) is 4.40. The van der Waals surface area contributed by atoms with Crippen molar-refractivity contribution >= 4 is 0 Å². The van der Waals surface area contributed by atoms with E-state index in [2.05, 4.69) is 18.8 Å². The van der Waals surface area contributed by atoms with Crippen molar-refractivity contribution in [1.29, 1.82) is 0 Å². The molecule has 2 rings (SSSR count). The van der Waals surface area contributed by atoms with Gasteiger partial charge >= 0.3 is 0 Å². The lowest BCUT2D eigenvalue weighted by molar-refractivity contribution is 0.302. The maximum absolute atomic E-state index is 5.76. The van der Waals surface area contributed by atoms with Crippen LogP contribution in [0.2, 0.25) is 0 Å². The van der Waals surface area contributed by atoms with E-state index in [1.165, 1.54) is 12.8 Å². The van der Waals surface area contributed by atoms with Crippen LogP contribution in [-0.2, 0) is 6.54 Å². The number of nitrogens with two attached hydrogens (primary N) is 1. The van der Waals surface area contributed by atoms with E-state index in [0.29, 0.717) is 18.6 Å². The van der Waals surface area contributed by atoms with Crippen LogP contribution in [0.15, 0.2) is 12.1 Å². The Morgan fingerprint density at radius 1 is 1.47 bits per heavy atom. The van der Waals surface area contributed by atoms with E-state index in [-0.39, 0.29) is 0 Å². The largest absolute Gasteiger partial charge is 0.490 e. The number of hydrogen-bond donors (Lipinski definition) is 1. The first kappa shape index (κ1) is 10.4. The first-order valence-corrected chi connectivity index (χ1v) is 5.56. The lowest BCUT2D eigenvalue weighted by Crippen LogP contribution is -2.05. The highest BCUT2D eigenvalue weighted by atomic mass is 16.5. The first-order chi connectivity index (χ1) is 7.19. The van der Waals surface area contributed by atoms with Gasteiger partial charge < -0.3 is 10.5 Å². The molecule has 1 aliphatic rings. The second-order valence-corrected chi connectivity index (χ2v) is 4.40. The van der Waals surface area contributed by atoms with Crippen LogP contribution in [0.5, 0.6) is 5.75 Å². The van der Waals surface area contributed by atoms with Crippen LogP contribution in [0.4, 0.5) is 0 Å². The van der Waals surface area contributed by atoms with Gasteiger partial charge in [-0.1, -0.05) is 13.8 Å². The smallest absolute Gasteiger partial charge is 0.123 e. The Kier molecular flexibility index (Phi) is 2.91. The molecule has 1 aromatic rings. The van der Waals surface area contributed by atoms with Crippen molar-refractivity contribution in [2.45, 2.75) is 45.3 Å². The standard InChI is InChI=1S/C12H18N2O/c1-8(2)12-6-11(15-10-3-4-10)5-9(7-13)14-12/h5-6,8,10H,3-4,7,13H2,1-2H3. The second kappa shape index (κ2) is 4.19. The van der Waals surface area contributed by atoms with Gasteiger partial charge in [-0.15, -0.1) is 0 Å². The highest BCUT2D eigenvalue weighted by molar-refractivity contribution is 5.29. The lowest BCUT2D eigenvalue weighted by Gasteiger charge is -2.11. The molecule has 2 N–H and O–H groups in total. The molecule has 3 nitrogen and oxygen atoms in total. The van der Waals surface area contributed by atoms with Gasteiger partial charge in [0.05, 0.1) is 11.8 Å². The van der Waals surface area contributed by atoms with Gasteiger partial charge in [-0.2, -0.15) is 0 Å². The Hall–Kier alpha value is -1.09. The summed E-state index contributed by atoms with van der Waals surface area (Å²) >= 11 is 0. The molecular formula is C12H18N2O. The molecule has 0 amide bonds. The fourth-order valence-electron chi connectivity index (χ4n) is 1.43. The number of ether oxygens (including phenoxy) is 1. The van der Waals surface area contributed by atoms with Gasteiger partial charge in [-0.3, -0.25) is 4.98 Å². The molecule has 0 spiro atoms. The number of pyridine rings is 1. The third-order valence-electron chi connectivity index (χ3n) is 2.50. The van der Waals surface area contributed by atoms with Crippen LogP contribution in [0, 0.1) is 0 Å². The summed E-state index contributed by atoms with van der Waals surface area (Å²) in [5, 5.41) is 0. The molecule has 0 bridgehead atoms. The molecule has 82 valence electrons. The maximum Gasteiger partial charge on any atom is 0.123 e. The summed E-state index contributed by atoms with van der Waals surface area (Å²) in [7, 11) is 0. The SMILES string of the molecule is CC(C)c1cc(OC2CC2)cc(CN)n1. The summed E-state index contributed by atoms with van der Waals surface area (Å²) in [6.07, 6.45) is 2.78. The fraction of sp³-hybridized carbons (Fsp3) is 0.583. The highest BCUT2D eigenvalue weighted by Crippen LogP contribution is 2.28. The monoisotopic (exact) mass is 206 g/mol. The molecular weight excluding hydrogens is 188 g/mol. The molecule has 0 radical (unpaired) electrons. The Bertz CT molecular complexity index is 345. The third kappa shape index (κ3) is 2.69. The topological polar surface area (TPSA) is 48.1 Å². The zero-order valence-corrected chi connectivity index (χ0v) is 9.36. The molecule has 0 atom stereocenters. The molecule has 15 heavy (non-hydrogen) atoms. The molecule has 0 saturated heterocycles. The molecule has 1 saturated carbocycles. The number of aromatic nitrogens is 1. The fourth-order valence-corrected chi connectivity index (χ4v) is 1.43. The summed E-state index contributed by atoms with van der Waals surface area (Å²) in [6, 6.07) is 3.98. The van der Waals surface area contributed by atoms with Crippen molar-refractivity contribution in [2.24, 2.45) is 5.73 Å². The van der Waals surface area contributed by atoms with Crippen molar-refractivity contribution < 1.29 is 4.74 Å². The molecule has 1 aromatic heterocycles. The van der Waals surface area contributed by atoms with Crippen LogP contribution in [0.1, 0.15) is 44.0 Å².